The van der Waals surface area contributed by atoms with Crippen molar-refractivity contribution >= 4 is 15.9 Å². The van der Waals surface area contributed by atoms with Crippen LogP contribution in [0.5, 0.6) is 0 Å². The highest BCUT2D eigenvalue weighted by Gasteiger charge is 2.43. The Bertz CT molecular complexity index is 200. The van der Waals surface area contributed by atoms with Crippen LogP contribution in [0.1, 0.15) is 38.5 Å². The average molecular weight is 276 g/mol. The smallest absolute Gasteiger partial charge is 0.0558 e. The summed E-state index contributed by atoms with van der Waals surface area (Å²) in [5.41, 5.74) is 0.553. The number of halogens is 1. The van der Waals surface area contributed by atoms with Gasteiger partial charge in [0.05, 0.1) is 6.61 Å². The van der Waals surface area contributed by atoms with Gasteiger partial charge >= 0.3 is 0 Å². The summed E-state index contributed by atoms with van der Waals surface area (Å²) in [5, 5.41) is 10.3. The van der Waals surface area contributed by atoms with Crippen LogP contribution in [-0.2, 0) is 0 Å². The van der Waals surface area contributed by atoms with Crippen LogP contribution in [-0.4, -0.2) is 41.1 Å². The number of hydrogen-bond donors (Lipinski definition) is 1. The third-order valence-corrected chi connectivity index (χ3v) is 5.20. The van der Waals surface area contributed by atoms with Crippen molar-refractivity contribution in [2.24, 2.45) is 5.41 Å². The molecule has 0 saturated heterocycles. The first-order valence-electron chi connectivity index (χ1n) is 6.20. The van der Waals surface area contributed by atoms with Crippen LogP contribution in [0.3, 0.4) is 0 Å². The molecule has 2 saturated carbocycles. The lowest BCUT2D eigenvalue weighted by Crippen LogP contribution is -2.40. The SMILES string of the molecule is OCCN(CC1(CBr)CC1)C1CCCC1. The molecule has 2 fully saturated rings. The van der Waals surface area contributed by atoms with Gasteiger partial charge in [-0.15, -0.1) is 0 Å². The molecule has 0 bridgehead atoms. The van der Waals surface area contributed by atoms with E-state index >= 15 is 0 Å². The maximum atomic E-state index is 9.13. The Hall–Kier alpha value is 0.400. The molecule has 0 aromatic heterocycles. The van der Waals surface area contributed by atoms with Gasteiger partial charge in [0.15, 0.2) is 0 Å². The standard InChI is InChI=1S/C12H22BrNO/c13-9-12(5-6-12)10-14(7-8-15)11-3-1-2-4-11/h11,15H,1-10H2. The van der Waals surface area contributed by atoms with E-state index in [0.717, 1.165) is 17.9 Å². The van der Waals surface area contributed by atoms with Crippen molar-refractivity contribution in [3.8, 4) is 0 Å². The van der Waals surface area contributed by atoms with E-state index in [4.69, 9.17) is 5.11 Å². The van der Waals surface area contributed by atoms with Crippen molar-refractivity contribution < 1.29 is 5.11 Å². The van der Waals surface area contributed by atoms with Crippen molar-refractivity contribution in [2.45, 2.75) is 44.6 Å². The molecule has 2 rings (SSSR count). The highest BCUT2D eigenvalue weighted by atomic mass is 79.9. The molecule has 0 amide bonds. The van der Waals surface area contributed by atoms with Gasteiger partial charge in [-0.25, -0.2) is 0 Å². The maximum Gasteiger partial charge on any atom is 0.0558 e. The Labute approximate surface area is 101 Å². The van der Waals surface area contributed by atoms with Gasteiger partial charge in [-0.05, 0) is 31.1 Å². The molecule has 0 unspecified atom stereocenters. The summed E-state index contributed by atoms with van der Waals surface area (Å²) >= 11 is 3.63. The molecule has 0 aliphatic heterocycles. The summed E-state index contributed by atoms with van der Waals surface area (Å²) in [6.45, 7) is 2.39. The van der Waals surface area contributed by atoms with E-state index in [2.05, 4.69) is 20.8 Å². The molecule has 0 atom stereocenters. The lowest BCUT2D eigenvalue weighted by atomic mass is 10.1. The zero-order valence-electron chi connectivity index (χ0n) is 9.42. The van der Waals surface area contributed by atoms with Gasteiger partial charge in [0.2, 0.25) is 0 Å². The molecule has 2 nitrogen and oxygen atoms in total. The van der Waals surface area contributed by atoms with Crippen molar-refractivity contribution in [1.29, 1.82) is 0 Å². The Balaban J connectivity index is 1.87. The first-order valence-corrected chi connectivity index (χ1v) is 7.33. The molecule has 2 aliphatic carbocycles. The van der Waals surface area contributed by atoms with Crippen LogP contribution < -0.4 is 0 Å². The third-order valence-electron chi connectivity index (χ3n) is 4.01. The number of aliphatic hydroxyl groups excluding tert-OH is 1. The molecule has 0 radical (unpaired) electrons. The molecule has 0 aromatic rings. The molecule has 2 aliphatic rings. The second-order valence-electron chi connectivity index (χ2n) is 5.27. The van der Waals surface area contributed by atoms with Crippen molar-refractivity contribution in [3.05, 3.63) is 0 Å². The molecule has 88 valence electrons. The Morgan fingerprint density at radius 2 is 1.93 bits per heavy atom. The fourth-order valence-electron chi connectivity index (χ4n) is 2.73. The molecule has 0 spiro atoms. The third kappa shape index (κ3) is 2.95. The van der Waals surface area contributed by atoms with E-state index in [1.165, 1.54) is 45.1 Å². The van der Waals surface area contributed by atoms with Gasteiger partial charge < -0.3 is 5.11 Å². The molecular formula is C12H22BrNO. The second-order valence-corrected chi connectivity index (χ2v) is 5.83. The van der Waals surface area contributed by atoms with Crippen LogP contribution in [0.15, 0.2) is 0 Å². The van der Waals surface area contributed by atoms with Crippen LogP contribution in [0.4, 0.5) is 0 Å². The summed E-state index contributed by atoms with van der Waals surface area (Å²) in [5.74, 6) is 0. The molecule has 0 aromatic carbocycles. The molecule has 15 heavy (non-hydrogen) atoms. The van der Waals surface area contributed by atoms with Gasteiger partial charge in [0.25, 0.3) is 0 Å². The lowest BCUT2D eigenvalue weighted by molar-refractivity contribution is 0.130. The minimum Gasteiger partial charge on any atom is -0.395 e. The van der Waals surface area contributed by atoms with E-state index in [0.29, 0.717) is 12.0 Å². The predicted octanol–water partition coefficient (Wildman–Crippen LogP) is 2.40. The normalized spacial score (nSPS) is 25.0. The molecule has 3 heteroatoms. The van der Waals surface area contributed by atoms with Gasteiger partial charge in [-0.3, -0.25) is 4.90 Å². The monoisotopic (exact) mass is 275 g/mol. The van der Waals surface area contributed by atoms with Gasteiger partial charge in [0, 0.05) is 24.5 Å². The fraction of sp³-hybridized carbons (Fsp3) is 1.00. The summed E-state index contributed by atoms with van der Waals surface area (Å²) < 4.78 is 0. The zero-order chi connectivity index (χ0) is 10.7. The first kappa shape index (κ1) is 11.9. The fourth-order valence-corrected chi connectivity index (χ4v) is 3.47. The Morgan fingerprint density at radius 1 is 1.27 bits per heavy atom. The van der Waals surface area contributed by atoms with Crippen molar-refractivity contribution in [3.63, 3.8) is 0 Å². The van der Waals surface area contributed by atoms with Gasteiger partial charge in [-0.2, -0.15) is 0 Å². The minimum atomic E-state index is 0.314. The zero-order valence-corrected chi connectivity index (χ0v) is 11.0. The Morgan fingerprint density at radius 3 is 2.40 bits per heavy atom. The Kier molecular flexibility index (Phi) is 4.08. The highest BCUT2D eigenvalue weighted by molar-refractivity contribution is 9.09. The molecular weight excluding hydrogens is 254 g/mol. The topological polar surface area (TPSA) is 23.5 Å². The van der Waals surface area contributed by atoms with E-state index in [9.17, 15) is 0 Å². The van der Waals surface area contributed by atoms with E-state index in [1.807, 2.05) is 0 Å². The minimum absolute atomic E-state index is 0.314. The number of aliphatic hydroxyl groups is 1. The van der Waals surface area contributed by atoms with E-state index in [-0.39, 0.29) is 0 Å². The maximum absolute atomic E-state index is 9.13. The average Bonchev–Trinajstić information content (AvgIpc) is 2.81. The van der Waals surface area contributed by atoms with Crippen LogP contribution in [0, 0.1) is 5.41 Å². The molecule has 1 N–H and O–H groups in total. The van der Waals surface area contributed by atoms with Gasteiger partial charge in [0.1, 0.15) is 0 Å². The molecule has 0 heterocycles. The number of alkyl halides is 1. The van der Waals surface area contributed by atoms with Crippen molar-refractivity contribution in [1.82, 2.24) is 4.90 Å². The van der Waals surface area contributed by atoms with Crippen LogP contribution in [0.2, 0.25) is 0 Å². The van der Waals surface area contributed by atoms with Gasteiger partial charge in [-0.1, -0.05) is 28.8 Å². The summed E-state index contributed by atoms with van der Waals surface area (Å²) in [7, 11) is 0. The van der Waals surface area contributed by atoms with E-state index in [1.54, 1.807) is 0 Å². The summed E-state index contributed by atoms with van der Waals surface area (Å²) in [6.07, 6.45) is 8.19. The van der Waals surface area contributed by atoms with Crippen LogP contribution in [0.25, 0.3) is 0 Å². The predicted molar refractivity (Wildman–Crippen MR) is 66.4 cm³/mol. The second kappa shape index (κ2) is 5.15. The lowest BCUT2D eigenvalue weighted by Gasteiger charge is -2.31. The number of nitrogens with zero attached hydrogens (tertiary/aromatic N) is 1. The number of hydrogen-bond acceptors (Lipinski definition) is 2. The first-order chi connectivity index (χ1) is 7.29. The summed E-state index contributed by atoms with van der Waals surface area (Å²) in [6, 6.07) is 0.758. The van der Waals surface area contributed by atoms with E-state index < -0.39 is 0 Å². The van der Waals surface area contributed by atoms with Crippen molar-refractivity contribution in [2.75, 3.05) is 25.0 Å². The van der Waals surface area contributed by atoms with Crippen LogP contribution >= 0.6 is 15.9 Å². The quantitative estimate of drug-likeness (QED) is 0.753. The largest absolute Gasteiger partial charge is 0.395 e. The highest BCUT2D eigenvalue weighted by Crippen LogP contribution is 2.48. The summed E-state index contributed by atoms with van der Waals surface area (Å²) in [4.78, 5) is 2.54. The number of rotatable bonds is 6.